The van der Waals surface area contributed by atoms with E-state index in [0.717, 1.165) is 24.8 Å². The van der Waals surface area contributed by atoms with Crippen molar-refractivity contribution >= 4 is 5.91 Å². The Labute approximate surface area is 139 Å². The van der Waals surface area contributed by atoms with E-state index in [-0.39, 0.29) is 17.6 Å². The van der Waals surface area contributed by atoms with Gasteiger partial charge in [0.05, 0.1) is 0 Å². The molecule has 1 rings (SSSR count). The van der Waals surface area contributed by atoms with Crippen LogP contribution in [0, 0.1) is 31.5 Å². The number of hydrogen-bond acceptors (Lipinski definition) is 2. The van der Waals surface area contributed by atoms with Gasteiger partial charge < -0.3 is 0 Å². The lowest BCUT2D eigenvalue weighted by molar-refractivity contribution is -0.133. The molecule has 4 heteroatoms. The number of nitrogens with one attached hydrogen (secondary N) is 1. The minimum atomic E-state index is -0.353. The van der Waals surface area contributed by atoms with Crippen molar-refractivity contribution in [2.24, 2.45) is 11.8 Å². The van der Waals surface area contributed by atoms with Crippen LogP contribution in [0.2, 0.25) is 0 Å². The highest BCUT2D eigenvalue weighted by atomic mass is 19.1. The molecule has 130 valence electrons. The van der Waals surface area contributed by atoms with Crippen LogP contribution < -0.4 is 5.48 Å². The average molecular weight is 323 g/mol. The zero-order valence-electron chi connectivity index (χ0n) is 14.8. The van der Waals surface area contributed by atoms with Crippen LogP contribution in [0.5, 0.6) is 0 Å². The largest absolute Gasteiger partial charge is 0.289 e. The lowest BCUT2D eigenvalue weighted by Gasteiger charge is -2.16. The number of benzene rings is 1. The van der Waals surface area contributed by atoms with Gasteiger partial charge in [-0.25, -0.2) is 9.87 Å². The Morgan fingerprint density at radius 2 is 1.70 bits per heavy atom. The van der Waals surface area contributed by atoms with E-state index >= 15 is 0 Å². The number of unbranched alkanes of at least 4 members (excludes halogenated alkanes) is 2. The van der Waals surface area contributed by atoms with Gasteiger partial charge in [-0.3, -0.25) is 10.0 Å². The third kappa shape index (κ3) is 6.69. The van der Waals surface area contributed by atoms with Gasteiger partial charge >= 0.3 is 0 Å². The molecule has 3 nitrogen and oxygen atoms in total. The number of aryl methyl sites for hydroxylation is 2. The minimum Gasteiger partial charge on any atom is -0.289 e. The number of carbonyl (C=O) groups excluding carboxylic acids is 1. The van der Waals surface area contributed by atoms with Gasteiger partial charge in [0.25, 0.3) is 0 Å². The molecule has 1 aromatic rings. The maximum Gasteiger partial charge on any atom is 0.246 e. The highest BCUT2D eigenvalue weighted by molar-refractivity contribution is 5.77. The third-order valence-electron chi connectivity index (χ3n) is 4.29. The Balaban J connectivity index is 2.63. The molecule has 0 fully saturated rings. The van der Waals surface area contributed by atoms with Crippen molar-refractivity contribution in [1.82, 2.24) is 5.48 Å². The highest BCUT2D eigenvalue weighted by Gasteiger charge is 2.19. The molecular weight excluding hydrogens is 293 g/mol. The van der Waals surface area contributed by atoms with E-state index in [9.17, 15) is 9.18 Å². The summed E-state index contributed by atoms with van der Waals surface area (Å²) in [5.74, 6) is -0.112. The first-order valence-corrected chi connectivity index (χ1v) is 8.54. The molecule has 0 aromatic heterocycles. The average Bonchev–Trinajstić information content (AvgIpc) is 2.49. The molecule has 1 amide bonds. The maximum absolute atomic E-state index is 13.7. The van der Waals surface area contributed by atoms with Crippen molar-refractivity contribution in [3.05, 3.63) is 34.6 Å². The van der Waals surface area contributed by atoms with Gasteiger partial charge in [-0.15, -0.1) is 0 Å². The predicted molar refractivity (Wildman–Crippen MR) is 90.9 cm³/mol. The molecule has 0 heterocycles. The number of amides is 1. The molecule has 23 heavy (non-hydrogen) atoms. The first-order chi connectivity index (χ1) is 10.8. The van der Waals surface area contributed by atoms with Crippen LogP contribution in [0.1, 0.15) is 62.6 Å². The van der Waals surface area contributed by atoms with Crippen LogP contribution in [-0.4, -0.2) is 11.1 Å². The quantitative estimate of drug-likeness (QED) is 0.393. The summed E-state index contributed by atoms with van der Waals surface area (Å²) in [6, 6.07) is 3.58. The van der Waals surface area contributed by atoms with Crippen LogP contribution in [0.4, 0.5) is 4.39 Å². The van der Waals surface area contributed by atoms with E-state index in [2.05, 4.69) is 13.8 Å². The molecule has 0 bridgehead atoms. The standard InChI is InChI=1S/C19H30FNO2/c1-13(2)8-6-5-7-9-17(19(22)21-23)12-16-10-14(3)18(20)15(4)11-16/h10-11,13,17,23H,5-9,12H2,1-4H3,(H,21,22)/t17-/m1/s1. The van der Waals surface area contributed by atoms with E-state index in [0.29, 0.717) is 23.5 Å². The lowest BCUT2D eigenvalue weighted by Crippen LogP contribution is -2.29. The lowest BCUT2D eigenvalue weighted by atomic mass is 9.91. The maximum atomic E-state index is 13.7. The van der Waals surface area contributed by atoms with Crippen molar-refractivity contribution in [1.29, 1.82) is 0 Å². The third-order valence-corrected chi connectivity index (χ3v) is 4.29. The zero-order valence-corrected chi connectivity index (χ0v) is 14.8. The van der Waals surface area contributed by atoms with Gasteiger partial charge in [-0.1, -0.05) is 51.7 Å². The summed E-state index contributed by atoms with van der Waals surface area (Å²) in [6.45, 7) is 7.89. The summed E-state index contributed by atoms with van der Waals surface area (Å²) in [6.07, 6.45) is 5.68. The molecule has 0 spiro atoms. The van der Waals surface area contributed by atoms with E-state index in [4.69, 9.17) is 5.21 Å². The number of hydrogen-bond donors (Lipinski definition) is 2. The summed E-state index contributed by atoms with van der Waals surface area (Å²) in [5.41, 5.74) is 3.91. The van der Waals surface area contributed by atoms with Gasteiger partial charge in [0.2, 0.25) is 5.91 Å². The molecule has 0 aliphatic carbocycles. The Hall–Kier alpha value is -1.42. The minimum absolute atomic E-state index is 0.189. The van der Waals surface area contributed by atoms with Gasteiger partial charge in [-0.05, 0) is 49.3 Å². The number of rotatable bonds is 9. The number of hydroxylamine groups is 1. The molecule has 0 radical (unpaired) electrons. The second-order valence-corrected chi connectivity index (χ2v) is 6.95. The molecule has 0 saturated heterocycles. The molecule has 2 N–H and O–H groups in total. The molecule has 1 atom stereocenters. The van der Waals surface area contributed by atoms with Crippen LogP contribution in [0.15, 0.2) is 12.1 Å². The normalized spacial score (nSPS) is 12.5. The first kappa shape index (κ1) is 19.6. The fourth-order valence-electron chi connectivity index (χ4n) is 2.98. The second-order valence-electron chi connectivity index (χ2n) is 6.95. The molecule has 0 saturated carbocycles. The topological polar surface area (TPSA) is 49.3 Å². The van der Waals surface area contributed by atoms with Crippen molar-refractivity contribution in [2.75, 3.05) is 0 Å². The van der Waals surface area contributed by atoms with E-state index in [1.807, 2.05) is 0 Å². The van der Waals surface area contributed by atoms with Crippen molar-refractivity contribution in [3.8, 4) is 0 Å². The SMILES string of the molecule is Cc1cc(C[C@@H](CCCCCC(C)C)C(=O)NO)cc(C)c1F. The highest BCUT2D eigenvalue weighted by Crippen LogP contribution is 2.21. The molecule has 0 aliphatic heterocycles. The Bertz CT molecular complexity index is 491. The van der Waals surface area contributed by atoms with Crippen molar-refractivity contribution < 1.29 is 14.4 Å². The van der Waals surface area contributed by atoms with Gasteiger partial charge in [-0.2, -0.15) is 0 Å². The fourth-order valence-corrected chi connectivity index (χ4v) is 2.98. The molecule has 0 aliphatic rings. The van der Waals surface area contributed by atoms with E-state index in [1.54, 1.807) is 31.5 Å². The Morgan fingerprint density at radius 3 is 2.22 bits per heavy atom. The van der Waals surface area contributed by atoms with Crippen LogP contribution >= 0.6 is 0 Å². The van der Waals surface area contributed by atoms with Crippen molar-refractivity contribution in [3.63, 3.8) is 0 Å². The summed E-state index contributed by atoms with van der Waals surface area (Å²) in [5, 5.41) is 8.95. The van der Waals surface area contributed by atoms with E-state index in [1.165, 1.54) is 12.8 Å². The van der Waals surface area contributed by atoms with Crippen molar-refractivity contribution in [2.45, 2.75) is 66.2 Å². The second kappa shape index (κ2) is 9.66. The summed E-state index contributed by atoms with van der Waals surface area (Å²) in [7, 11) is 0. The fraction of sp³-hybridized carbons (Fsp3) is 0.632. The van der Waals surface area contributed by atoms with E-state index < -0.39 is 0 Å². The number of carbonyl (C=O) groups is 1. The van der Waals surface area contributed by atoms with Gasteiger partial charge in [0.15, 0.2) is 0 Å². The zero-order chi connectivity index (χ0) is 17.4. The summed E-state index contributed by atoms with van der Waals surface area (Å²) < 4.78 is 13.7. The van der Waals surface area contributed by atoms with Crippen LogP contribution in [0.3, 0.4) is 0 Å². The van der Waals surface area contributed by atoms with Crippen LogP contribution in [-0.2, 0) is 11.2 Å². The summed E-state index contributed by atoms with van der Waals surface area (Å²) >= 11 is 0. The molecule has 0 unspecified atom stereocenters. The predicted octanol–water partition coefficient (Wildman–Crippen LogP) is 4.71. The first-order valence-electron chi connectivity index (χ1n) is 8.54. The van der Waals surface area contributed by atoms with Gasteiger partial charge in [0, 0.05) is 5.92 Å². The Kier molecular flexibility index (Phi) is 8.24. The monoisotopic (exact) mass is 323 g/mol. The number of halogens is 1. The van der Waals surface area contributed by atoms with Crippen LogP contribution in [0.25, 0.3) is 0 Å². The molecular formula is C19H30FNO2. The Morgan fingerprint density at radius 1 is 1.13 bits per heavy atom. The van der Waals surface area contributed by atoms with Gasteiger partial charge in [0.1, 0.15) is 5.82 Å². The smallest absolute Gasteiger partial charge is 0.246 e. The molecule has 1 aromatic carbocycles. The summed E-state index contributed by atoms with van der Waals surface area (Å²) in [4.78, 5) is 11.9.